The van der Waals surface area contributed by atoms with E-state index < -0.39 is 0 Å². The Morgan fingerprint density at radius 1 is 0.931 bits per heavy atom. The molecule has 1 atom stereocenters. The minimum absolute atomic E-state index is 0. The second kappa shape index (κ2) is 7.58. The van der Waals surface area contributed by atoms with Crippen LogP contribution in [0, 0.1) is 0 Å². The van der Waals surface area contributed by atoms with Crippen molar-refractivity contribution < 1.29 is 9.59 Å². The maximum absolute atomic E-state index is 12.8. The molecule has 1 heterocycles. The number of hydrogen-bond donors (Lipinski definition) is 1. The summed E-state index contributed by atoms with van der Waals surface area (Å²) in [5, 5.41) is 2.37. The monoisotopic (exact) mass is 410 g/mol. The number of fused-ring (bicyclic) bond motifs is 7. The molecule has 0 radical (unpaired) electrons. The number of aromatic nitrogens is 1. The van der Waals surface area contributed by atoms with Crippen molar-refractivity contribution in [1.82, 2.24) is 9.88 Å². The highest BCUT2D eigenvalue weighted by atomic mass is 35.5. The Balaban J connectivity index is 0.00000205. The van der Waals surface area contributed by atoms with Crippen molar-refractivity contribution in [3.63, 3.8) is 0 Å². The van der Waals surface area contributed by atoms with Gasteiger partial charge in [-0.15, -0.1) is 12.4 Å². The second-order valence-corrected chi connectivity index (χ2v) is 8.15. The van der Waals surface area contributed by atoms with E-state index in [0.717, 1.165) is 54.6 Å². The summed E-state index contributed by atoms with van der Waals surface area (Å²) in [6.45, 7) is 7.47. The SMILES string of the molecule is CCN(CC)CCC1CC(=O)c2ccc3[nH]c4ccc5c(c4c3c21)CCC5=O.Cl. The summed E-state index contributed by atoms with van der Waals surface area (Å²) < 4.78 is 0. The number of benzene rings is 2. The Morgan fingerprint density at radius 2 is 1.62 bits per heavy atom. The normalized spacial score (nSPS) is 18.0. The number of carbonyl (C=O) groups excluding carboxylic acids is 2. The van der Waals surface area contributed by atoms with Crippen molar-refractivity contribution in [2.45, 2.75) is 45.4 Å². The molecule has 2 aromatic carbocycles. The number of aryl methyl sites for hydroxylation is 1. The van der Waals surface area contributed by atoms with Gasteiger partial charge < -0.3 is 9.88 Å². The van der Waals surface area contributed by atoms with E-state index >= 15 is 0 Å². The van der Waals surface area contributed by atoms with Crippen LogP contribution in [0.2, 0.25) is 0 Å². The van der Waals surface area contributed by atoms with Gasteiger partial charge in [0.2, 0.25) is 0 Å². The van der Waals surface area contributed by atoms with Gasteiger partial charge in [-0.2, -0.15) is 0 Å². The van der Waals surface area contributed by atoms with Crippen molar-refractivity contribution in [1.29, 1.82) is 0 Å². The number of halogens is 1. The molecular weight excluding hydrogens is 384 g/mol. The van der Waals surface area contributed by atoms with E-state index in [9.17, 15) is 9.59 Å². The molecule has 0 fully saturated rings. The zero-order chi connectivity index (χ0) is 19.4. The van der Waals surface area contributed by atoms with Crippen molar-refractivity contribution in [3.05, 3.63) is 46.5 Å². The second-order valence-electron chi connectivity index (χ2n) is 8.15. The number of nitrogens with zero attached hydrogens (tertiary/aromatic N) is 1. The number of ketones is 2. The van der Waals surface area contributed by atoms with Crippen LogP contribution in [0.25, 0.3) is 21.8 Å². The van der Waals surface area contributed by atoms with Gasteiger partial charge in [0.1, 0.15) is 0 Å². The van der Waals surface area contributed by atoms with Crippen LogP contribution in [-0.4, -0.2) is 41.1 Å². The highest BCUT2D eigenvalue weighted by Gasteiger charge is 2.33. The van der Waals surface area contributed by atoms with Crippen LogP contribution in [0.15, 0.2) is 24.3 Å². The fourth-order valence-electron chi connectivity index (χ4n) is 5.30. The zero-order valence-electron chi connectivity index (χ0n) is 17.0. The quantitative estimate of drug-likeness (QED) is 0.623. The van der Waals surface area contributed by atoms with Gasteiger partial charge in [0.15, 0.2) is 11.6 Å². The van der Waals surface area contributed by atoms with Crippen molar-refractivity contribution >= 4 is 45.8 Å². The third kappa shape index (κ3) is 3.01. The fraction of sp³-hybridized carbons (Fsp3) is 0.417. The largest absolute Gasteiger partial charge is 0.354 e. The molecule has 0 spiro atoms. The maximum Gasteiger partial charge on any atom is 0.163 e. The Hall–Kier alpha value is -2.17. The Kier molecular flexibility index (Phi) is 5.26. The number of rotatable bonds is 5. The summed E-state index contributed by atoms with van der Waals surface area (Å²) in [5.74, 6) is 0.770. The third-order valence-electron chi connectivity index (χ3n) is 6.81. The standard InChI is InChI=1S/C24H26N2O2.ClH/c1-3-26(4-2)12-11-14-13-21(28)17-6-9-19-24(22(14)17)23-16-7-10-20(27)15(16)5-8-18(23)25-19;/h5-6,8-9,14,25H,3-4,7,10-13H2,1-2H3;1H. The van der Waals surface area contributed by atoms with E-state index in [-0.39, 0.29) is 29.9 Å². The molecule has 0 amide bonds. The Labute approximate surface area is 177 Å². The van der Waals surface area contributed by atoms with Crippen LogP contribution in [-0.2, 0) is 6.42 Å². The fourth-order valence-corrected chi connectivity index (χ4v) is 5.30. The van der Waals surface area contributed by atoms with Gasteiger partial charge in [-0.25, -0.2) is 0 Å². The summed E-state index contributed by atoms with van der Waals surface area (Å²) in [4.78, 5) is 31.0. The lowest BCUT2D eigenvalue weighted by molar-refractivity contribution is 0.0981. The van der Waals surface area contributed by atoms with Crippen molar-refractivity contribution in [2.75, 3.05) is 19.6 Å². The molecule has 2 aliphatic rings. The summed E-state index contributed by atoms with van der Waals surface area (Å²) >= 11 is 0. The molecule has 2 aliphatic carbocycles. The van der Waals surface area contributed by atoms with Crippen molar-refractivity contribution in [3.8, 4) is 0 Å². The summed E-state index contributed by atoms with van der Waals surface area (Å²) in [6.07, 6.45) is 3.01. The molecule has 4 nitrogen and oxygen atoms in total. The average molecular weight is 411 g/mol. The van der Waals surface area contributed by atoms with Gasteiger partial charge >= 0.3 is 0 Å². The summed E-state index contributed by atoms with van der Waals surface area (Å²) in [7, 11) is 0. The molecule has 0 bridgehead atoms. The molecule has 5 heteroatoms. The van der Waals surface area contributed by atoms with E-state index in [1.165, 1.54) is 21.9 Å². The number of aromatic amines is 1. The summed E-state index contributed by atoms with van der Waals surface area (Å²) in [6, 6.07) is 8.04. The molecule has 5 rings (SSSR count). The lowest BCUT2D eigenvalue weighted by Crippen LogP contribution is -2.25. The predicted molar refractivity (Wildman–Crippen MR) is 120 cm³/mol. The zero-order valence-corrected chi connectivity index (χ0v) is 17.8. The number of hydrogen-bond acceptors (Lipinski definition) is 3. The van der Waals surface area contributed by atoms with Gasteiger partial charge in [0.05, 0.1) is 0 Å². The Morgan fingerprint density at radius 3 is 2.34 bits per heavy atom. The lowest BCUT2D eigenvalue weighted by atomic mass is 9.91. The number of Topliss-reactive ketones (excluding diaryl/α,β-unsaturated/α-hetero) is 2. The average Bonchev–Trinajstić information content (AvgIpc) is 3.35. The summed E-state index contributed by atoms with van der Waals surface area (Å²) in [5.41, 5.74) is 6.32. The molecule has 0 aliphatic heterocycles. The van der Waals surface area contributed by atoms with Gasteiger partial charge in [0.25, 0.3) is 0 Å². The number of nitrogens with one attached hydrogen (secondary N) is 1. The van der Waals surface area contributed by atoms with Crippen LogP contribution >= 0.6 is 12.4 Å². The molecule has 1 N–H and O–H groups in total. The van der Waals surface area contributed by atoms with Gasteiger partial charge in [0, 0.05) is 45.8 Å². The van der Waals surface area contributed by atoms with Crippen LogP contribution in [0.4, 0.5) is 0 Å². The number of carbonyl (C=O) groups is 2. The molecule has 1 aromatic heterocycles. The molecule has 0 saturated heterocycles. The Bertz CT molecular complexity index is 1130. The highest BCUT2D eigenvalue weighted by Crippen LogP contribution is 2.45. The minimum Gasteiger partial charge on any atom is -0.354 e. The van der Waals surface area contributed by atoms with Crippen LogP contribution in [0.5, 0.6) is 0 Å². The number of H-pyrrole nitrogens is 1. The first kappa shape index (κ1) is 20.1. The molecular formula is C24H27ClN2O2. The third-order valence-corrected chi connectivity index (χ3v) is 6.81. The minimum atomic E-state index is 0. The highest BCUT2D eigenvalue weighted by molar-refractivity contribution is 6.18. The molecule has 29 heavy (non-hydrogen) atoms. The van der Waals surface area contributed by atoms with E-state index in [4.69, 9.17) is 0 Å². The van der Waals surface area contributed by atoms with E-state index in [0.29, 0.717) is 12.8 Å². The lowest BCUT2D eigenvalue weighted by Gasteiger charge is -2.21. The van der Waals surface area contributed by atoms with Crippen molar-refractivity contribution in [2.24, 2.45) is 0 Å². The molecule has 152 valence electrons. The first-order valence-corrected chi connectivity index (χ1v) is 10.5. The molecule has 1 unspecified atom stereocenters. The molecule has 0 saturated carbocycles. The van der Waals surface area contributed by atoms with Gasteiger partial charge in [-0.3, -0.25) is 9.59 Å². The first-order chi connectivity index (χ1) is 13.6. The smallest absolute Gasteiger partial charge is 0.163 e. The van der Waals surface area contributed by atoms with E-state index in [2.05, 4.69) is 23.7 Å². The molecule has 3 aromatic rings. The van der Waals surface area contributed by atoms with E-state index in [1.807, 2.05) is 24.3 Å². The van der Waals surface area contributed by atoms with Crippen LogP contribution in [0.1, 0.15) is 70.9 Å². The topological polar surface area (TPSA) is 53.2 Å². The van der Waals surface area contributed by atoms with Gasteiger partial charge in [-0.1, -0.05) is 13.8 Å². The van der Waals surface area contributed by atoms with Crippen LogP contribution < -0.4 is 0 Å². The van der Waals surface area contributed by atoms with E-state index in [1.54, 1.807) is 0 Å². The van der Waals surface area contributed by atoms with Gasteiger partial charge in [-0.05, 0) is 73.8 Å². The van der Waals surface area contributed by atoms with Crippen LogP contribution in [0.3, 0.4) is 0 Å². The predicted octanol–water partition coefficient (Wildman–Crippen LogP) is 5.27. The maximum atomic E-state index is 12.8. The first-order valence-electron chi connectivity index (χ1n) is 10.5.